The average molecular weight is 389 g/mol. The van der Waals surface area contributed by atoms with E-state index < -0.39 is 6.03 Å². The second-order valence-electron chi connectivity index (χ2n) is 7.10. The van der Waals surface area contributed by atoms with Gasteiger partial charge in [-0.2, -0.15) is 5.10 Å². The Morgan fingerprint density at radius 1 is 0.862 bits per heavy atom. The van der Waals surface area contributed by atoms with Gasteiger partial charge in [0.25, 0.3) is 5.91 Å². The van der Waals surface area contributed by atoms with Gasteiger partial charge in [0, 0.05) is 22.6 Å². The number of nitrogens with two attached hydrogens (primary N) is 1. The number of urea groups is 1. The van der Waals surface area contributed by atoms with Crippen molar-refractivity contribution in [3.05, 3.63) is 71.5 Å². The molecule has 0 saturated carbocycles. The van der Waals surface area contributed by atoms with E-state index in [-0.39, 0.29) is 5.91 Å². The minimum atomic E-state index is -0.629. The highest BCUT2D eigenvalue weighted by Gasteiger charge is 2.24. The van der Waals surface area contributed by atoms with Crippen molar-refractivity contribution in [3.63, 3.8) is 0 Å². The van der Waals surface area contributed by atoms with Gasteiger partial charge >= 0.3 is 6.03 Å². The Bertz CT molecular complexity index is 1030. The number of aromatic nitrogens is 2. The smallest absolute Gasteiger partial charge is 0.316 e. The van der Waals surface area contributed by atoms with Crippen molar-refractivity contribution >= 4 is 23.3 Å². The van der Waals surface area contributed by atoms with E-state index >= 15 is 0 Å². The number of carbonyl (C=O) groups is 2. The molecule has 0 atom stereocenters. The van der Waals surface area contributed by atoms with Crippen LogP contribution in [-0.2, 0) is 12.8 Å². The molecule has 0 bridgehead atoms. The molecule has 7 nitrogen and oxygen atoms in total. The molecule has 1 aliphatic carbocycles. The lowest BCUT2D eigenvalue weighted by molar-refractivity contribution is 0.102. The zero-order valence-corrected chi connectivity index (χ0v) is 16.0. The van der Waals surface area contributed by atoms with Crippen LogP contribution in [0, 0.1) is 0 Å². The fourth-order valence-corrected chi connectivity index (χ4v) is 3.71. The van der Waals surface area contributed by atoms with Crippen LogP contribution in [0.25, 0.3) is 5.69 Å². The van der Waals surface area contributed by atoms with Crippen LogP contribution in [0.2, 0.25) is 0 Å². The quantitative estimate of drug-likeness (QED) is 0.590. The van der Waals surface area contributed by atoms with Crippen LogP contribution in [0.3, 0.4) is 0 Å². The van der Waals surface area contributed by atoms with Gasteiger partial charge in [0.2, 0.25) is 0 Å². The fourth-order valence-electron chi connectivity index (χ4n) is 3.71. The van der Waals surface area contributed by atoms with E-state index in [9.17, 15) is 9.59 Å². The van der Waals surface area contributed by atoms with Crippen LogP contribution in [0.15, 0.2) is 54.6 Å². The summed E-state index contributed by atoms with van der Waals surface area (Å²) in [4.78, 5) is 24.0. The second kappa shape index (κ2) is 8.18. The SMILES string of the molecule is NC(=O)Nc1ccc(NC(=O)c2nn(-c3ccccc3)c3c2CCCCC3)cc1. The average Bonchev–Trinajstić information content (AvgIpc) is 2.91. The normalized spacial score (nSPS) is 13.2. The lowest BCUT2D eigenvalue weighted by Crippen LogP contribution is -2.19. The molecule has 3 aromatic rings. The van der Waals surface area contributed by atoms with Crippen LogP contribution < -0.4 is 16.4 Å². The minimum Gasteiger partial charge on any atom is -0.351 e. The number of amides is 3. The van der Waals surface area contributed by atoms with Crippen molar-refractivity contribution in [2.45, 2.75) is 32.1 Å². The Balaban J connectivity index is 1.63. The number of hydrogen-bond donors (Lipinski definition) is 3. The first-order valence-corrected chi connectivity index (χ1v) is 9.76. The number of nitrogens with one attached hydrogen (secondary N) is 2. The van der Waals surface area contributed by atoms with Crippen LogP contribution in [-0.4, -0.2) is 21.7 Å². The monoisotopic (exact) mass is 389 g/mol. The van der Waals surface area contributed by atoms with Crippen molar-refractivity contribution < 1.29 is 9.59 Å². The van der Waals surface area contributed by atoms with E-state index in [1.807, 2.05) is 35.0 Å². The highest BCUT2D eigenvalue weighted by atomic mass is 16.2. The number of hydrogen-bond acceptors (Lipinski definition) is 3. The summed E-state index contributed by atoms with van der Waals surface area (Å²) in [6.45, 7) is 0. The molecule has 148 valence electrons. The summed E-state index contributed by atoms with van der Waals surface area (Å²) in [5, 5.41) is 10.1. The van der Waals surface area contributed by atoms with E-state index in [0.717, 1.165) is 49.0 Å². The van der Waals surface area contributed by atoms with Crippen LogP contribution in [0.4, 0.5) is 16.2 Å². The highest BCUT2D eigenvalue weighted by molar-refractivity contribution is 6.04. The summed E-state index contributed by atoms with van der Waals surface area (Å²) < 4.78 is 1.91. The summed E-state index contributed by atoms with van der Waals surface area (Å²) in [6, 6.07) is 16.1. The molecule has 0 saturated heterocycles. The van der Waals surface area contributed by atoms with Crippen LogP contribution >= 0.6 is 0 Å². The molecule has 0 spiro atoms. The third-order valence-corrected chi connectivity index (χ3v) is 5.06. The Labute approximate surface area is 168 Å². The van der Waals surface area contributed by atoms with Gasteiger partial charge in [-0.15, -0.1) is 0 Å². The second-order valence-corrected chi connectivity index (χ2v) is 7.10. The van der Waals surface area contributed by atoms with Crippen LogP contribution in [0.1, 0.15) is 41.0 Å². The Morgan fingerprint density at radius 3 is 2.21 bits per heavy atom. The molecule has 29 heavy (non-hydrogen) atoms. The van der Waals surface area contributed by atoms with E-state index in [0.29, 0.717) is 17.1 Å². The van der Waals surface area contributed by atoms with Crippen molar-refractivity contribution in [2.75, 3.05) is 10.6 Å². The minimum absolute atomic E-state index is 0.228. The Kier molecular flexibility index (Phi) is 5.29. The maximum atomic E-state index is 13.0. The standard InChI is InChI=1S/C22H23N5O2/c23-22(29)25-16-13-11-15(12-14-16)24-21(28)20-18-9-5-2-6-10-19(18)27(26-20)17-7-3-1-4-8-17/h1,3-4,7-8,11-14H,2,5-6,9-10H2,(H,24,28)(H3,23,25,29). The number of para-hydroxylation sites is 1. The Hall–Kier alpha value is -3.61. The predicted molar refractivity (Wildman–Crippen MR) is 112 cm³/mol. The van der Waals surface area contributed by atoms with Crippen molar-refractivity contribution in [1.29, 1.82) is 0 Å². The largest absolute Gasteiger partial charge is 0.351 e. The van der Waals surface area contributed by atoms with Gasteiger partial charge in [-0.05, 0) is 62.1 Å². The molecule has 0 aliphatic heterocycles. The third-order valence-electron chi connectivity index (χ3n) is 5.06. The van der Waals surface area contributed by atoms with Gasteiger partial charge < -0.3 is 16.4 Å². The number of carbonyl (C=O) groups excluding carboxylic acids is 2. The third kappa shape index (κ3) is 4.13. The number of nitrogens with zero attached hydrogens (tertiary/aromatic N) is 2. The number of primary amides is 1. The first-order chi connectivity index (χ1) is 14.1. The van der Waals surface area contributed by atoms with Gasteiger partial charge in [0.1, 0.15) is 0 Å². The number of fused-ring (bicyclic) bond motifs is 1. The molecule has 4 rings (SSSR count). The van der Waals surface area contributed by atoms with Crippen LogP contribution in [0.5, 0.6) is 0 Å². The van der Waals surface area contributed by atoms with Gasteiger partial charge in [0.05, 0.1) is 5.69 Å². The Morgan fingerprint density at radius 2 is 1.52 bits per heavy atom. The van der Waals surface area contributed by atoms with Crippen molar-refractivity contribution in [2.24, 2.45) is 5.73 Å². The van der Waals surface area contributed by atoms with Crippen molar-refractivity contribution in [3.8, 4) is 5.69 Å². The van der Waals surface area contributed by atoms with Gasteiger partial charge in [-0.3, -0.25) is 4.79 Å². The molecule has 2 aromatic carbocycles. The van der Waals surface area contributed by atoms with E-state index in [2.05, 4.69) is 15.7 Å². The number of benzene rings is 2. The molecule has 1 aliphatic rings. The molecule has 0 unspecified atom stereocenters. The molecule has 4 N–H and O–H groups in total. The lowest BCUT2D eigenvalue weighted by Gasteiger charge is -2.07. The fraction of sp³-hybridized carbons (Fsp3) is 0.227. The molecule has 7 heteroatoms. The molecule has 0 fully saturated rings. The predicted octanol–water partition coefficient (Wildman–Crippen LogP) is 3.88. The molecular formula is C22H23N5O2. The molecule has 3 amide bonds. The zero-order chi connectivity index (χ0) is 20.2. The summed E-state index contributed by atoms with van der Waals surface area (Å²) in [6.07, 6.45) is 5.07. The maximum Gasteiger partial charge on any atom is 0.316 e. The number of anilines is 2. The molecule has 1 aromatic heterocycles. The topological polar surface area (TPSA) is 102 Å². The van der Waals surface area contributed by atoms with E-state index in [1.165, 1.54) is 0 Å². The molecule has 0 radical (unpaired) electrons. The zero-order valence-electron chi connectivity index (χ0n) is 16.0. The summed E-state index contributed by atoms with van der Waals surface area (Å²) in [5.74, 6) is -0.228. The highest BCUT2D eigenvalue weighted by Crippen LogP contribution is 2.27. The van der Waals surface area contributed by atoms with E-state index in [1.54, 1.807) is 24.3 Å². The van der Waals surface area contributed by atoms with Gasteiger partial charge in [-0.1, -0.05) is 24.6 Å². The first-order valence-electron chi connectivity index (χ1n) is 9.76. The summed E-state index contributed by atoms with van der Waals surface area (Å²) >= 11 is 0. The molecular weight excluding hydrogens is 366 g/mol. The lowest BCUT2D eigenvalue weighted by atomic mass is 10.1. The summed E-state index contributed by atoms with van der Waals surface area (Å²) in [7, 11) is 0. The first kappa shape index (κ1) is 18.7. The van der Waals surface area contributed by atoms with E-state index in [4.69, 9.17) is 5.73 Å². The van der Waals surface area contributed by atoms with Gasteiger partial charge in [0.15, 0.2) is 5.69 Å². The maximum absolute atomic E-state index is 13.0. The molecule has 1 heterocycles. The summed E-state index contributed by atoms with van der Waals surface area (Å²) in [5.41, 5.74) is 9.91. The van der Waals surface area contributed by atoms with Crippen molar-refractivity contribution in [1.82, 2.24) is 9.78 Å². The number of rotatable bonds is 4. The van der Waals surface area contributed by atoms with Gasteiger partial charge in [-0.25, -0.2) is 9.48 Å².